The van der Waals surface area contributed by atoms with Crippen LogP contribution in [0.5, 0.6) is 0 Å². The predicted molar refractivity (Wildman–Crippen MR) is 134 cm³/mol. The number of hydrogen-bond donors (Lipinski definition) is 1. The average molecular weight is 489 g/mol. The zero-order valence-electron chi connectivity index (χ0n) is 19.1. The Hall–Kier alpha value is -3.74. The normalized spacial score (nSPS) is 15.6. The highest BCUT2D eigenvalue weighted by atomic mass is 35.5. The Morgan fingerprint density at radius 2 is 2.00 bits per heavy atom. The molecule has 1 aliphatic heterocycles. The van der Waals surface area contributed by atoms with Crippen molar-refractivity contribution < 1.29 is 4.79 Å². The fourth-order valence-corrected chi connectivity index (χ4v) is 4.65. The number of aromatic amines is 1. The zero-order valence-corrected chi connectivity index (χ0v) is 19.9. The van der Waals surface area contributed by atoms with Gasteiger partial charge in [-0.15, -0.1) is 0 Å². The summed E-state index contributed by atoms with van der Waals surface area (Å²) < 4.78 is 1.87. The van der Waals surface area contributed by atoms with Crippen molar-refractivity contribution in [3.05, 3.63) is 77.3 Å². The Bertz CT molecular complexity index is 1360. The van der Waals surface area contributed by atoms with Gasteiger partial charge in [0.05, 0.1) is 11.9 Å². The second-order valence-electron chi connectivity index (χ2n) is 8.62. The van der Waals surface area contributed by atoms with Crippen molar-refractivity contribution >= 4 is 28.5 Å². The van der Waals surface area contributed by atoms with Crippen LogP contribution >= 0.6 is 11.6 Å². The summed E-state index contributed by atoms with van der Waals surface area (Å²) in [6.07, 6.45) is 8.01. The molecule has 1 N–H and O–H groups in total. The molecule has 35 heavy (non-hydrogen) atoms. The van der Waals surface area contributed by atoms with E-state index in [0.717, 1.165) is 41.8 Å². The van der Waals surface area contributed by atoms with Crippen molar-refractivity contribution in [2.45, 2.75) is 12.5 Å². The molecule has 1 aromatic carbocycles. The lowest BCUT2D eigenvalue weighted by Gasteiger charge is -2.24. The van der Waals surface area contributed by atoms with Crippen LogP contribution < -0.4 is 0 Å². The molecule has 4 aromatic rings. The molecule has 10 heteroatoms. The fraction of sp³-hybridized carbons (Fsp3) is 0.320. The van der Waals surface area contributed by atoms with Gasteiger partial charge in [0.25, 0.3) is 5.91 Å². The van der Waals surface area contributed by atoms with Crippen LogP contribution in [0.3, 0.4) is 0 Å². The molecule has 0 spiro atoms. The lowest BCUT2D eigenvalue weighted by Crippen LogP contribution is -2.37. The molecule has 3 aromatic heterocycles. The molecule has 1 unspecified atom stereocenters. The van der Waals surface area contributed by atoms with Gasteiger partial charge in [0.1, 0.15) is 18.0 Å². The summed E-state index contributed by atoms with van der Waals surface area (Å²) in [6.45, 7) is 11.5. The molecular weight excluding hydrogens is 464 g/mol. The van der Waals surface area contributed by atoms with E-state index in [4.69, 9.17) is 18.2 Å². The lowest BCUT2D eigenvalue weighted by atomic mass is 10.2. The molecule has 4 heterocycles. The van der Waals surface area contributed by atoms with Gasteiger partial charge in [0, 0.05) is 60.1 Å². The van der Waals surface area contributed by atoms with Gasteiger partial charge >= 0.3 is 0 Å². The first-order valence-electron chi connectivity index (χ1n) is 11.6. The number of halogens is 1. The average Bonchev–Trinajstić information content (AvgIpc) is 3.50. The van der Waals surface area contributed by atoms with Crippen molar-refractivity contribution in [2.24, 2.45) is 0 Å². The standard InChI is InChI=1S/C25H25ClN8O/c1-27-14-21(34-15-19(13-31-34)23-22-7-8-28-24(22)30-17-29-23)16-32-9-2-10-33(12-11-32)25(35)18-3-5-20(26)6-4-18/h3-8,13,15,17,21H,2,9-12,14,16H2,(H,28,29,30). The van der Waals surface area contributed by atoms with Crippen LogP contribution in [0.2, 0.25) is 5.02 Å². The quantitative estimate of drug-likeness (QED) is 0.417. The van der Waals surface area contributed by atoms with Gasteiger partial charge in [-0.3, -0.25) is 14.4 Å². The van der Waals surface area contributed by atoms with Gasteiger partial charge < -0.3 is 14.7 Å². The van der Waals surface area contributed by atoms with Gasteiger partial charge in [0.15, 0.2) is 0 Å². The van der Waals surface area contributed by atoms with E-state index in [2.05, 4.69) is 29.8 Å². The van der Waals surface area contributed by atoms with Gasteiger partial charge in [-0.25, -0.2) is 16.5 Å². The molecule has 1 saturated heterocycles. The number of amides is 1. The third-order valence-corrected chi connectivity index (χ3v) is 6.59. The summed E-state index contributed by atoms with van der Waals surface area (Å²) in [7, 11) is 0. The molecule has 5 rings (SSSR count). The maximum Gasteiger partial charge on any atom is 0.253 e. The first-order valence-corrected chi connectivity index (χ1v) is 11.9. The smallest absolute Gasteiger partial charge is 0.253 e. The molecular formula is C25H25ClN8O. The summed E-state index contributed by atoms with van der Waals surface area (Å²) in [5.74, 6) is 0.0267. The molecule has 1 atom stereocenters. The number of rotatable bonds is 6. The fourth-order valence-electron chi connectivity index (χ4n) is 4.52. The number of nitrogens with zero attached hydrogens (tertiary/aromatic N) is 7. The van der Waals surface area contributed by atoms with Crippen LogP contribution in [0.1, 0.15) is 22.8 Å². The van der Waals surface area contributed by atoms with E-state index in [9.17, 15) is 4.79 Å². The van der Waals surface area contributed by atoms with Crippen LogP contribution in [0.4, 0.5) is 0 Å². The minimum Gasteiger partial charge on any atom is -0.346 e. The molecule has 1 aliphatic rings. The van der Waals surface area contributed by atoms with E-state index in [1.54, 1.807) is 30.5 Å². The van der Waals surface area contributed by atoms with Crippen molar-refractivity contribution in [1.29, 1.82) is 0 Å². The number of H-pyrrole nitrogens is 1. The number of nitrogens with one attached hydrogen (secondary N) is 1. The van der Waals surface area contributed by atoms with E-state index in [1.807, 2.05) is 28.0 Å². The monoisotopic (exact) mass is 488 g/mol. The van der Waals surface area contributed by atoms with Gasteiger partial charge in [-0.2, -0.15) is 5.10 Å². The summed E-state index contributed by atoms with van der Waals surface area (Å²) in [4.78, 5) is 32.6. The third-order valence-electron chi connectivity index (χ3n) is 6.34. The first kappa shape index (κ1) is 23.0. The lowest BCUT2D eigenvalue weighted by molar-refractivity contribution is 0.0760. The number of benzene rings is 1. The number of carbonyl (C=O) groups excluding carboxylic acids is 1. The molecule has 0 aliphatic carbocycles. The SMILES string of the molecule is [C-]#[N+]CC(CN1CCCN(C(=O)c2ccc(Cl)cc2)CC1)n1cc(-c2ncnc3[nH]ccc23)cn1. The summed E-state index contributed by atoms with van der Waals surface area (Å²) >= 11 is 5.96. The topological polar surface area (TPSA) is 87.3 Å². The van der Waals surface area contributed by atoms with Gasteiger partial charge in [-0.05, 0) is 43.3 Å². The number of aromatic nitrogens is 5. The maximum atomic E-state index is 12.9. The second kappa shape index (κ2) is 10.3. The van der Waals surface area contributed by atoms with Crippen molar-refractivity contribution in [2.75, 3.05) is 39.3 Å². The Labute approximate surface area is 208 Å². The van der Waals surface area contributed by atoms with Crippen LogP contribution in [-0.4, -0.2) is 79.7 Å². The third kappa shape index (κ3) is 5.04. The molecule has 1 amide bonds. The Kier molecular flexibility index (Phi) is 6.75. The largest absolute Gasteiger partial charge is 0.346 e. The summed E-state index contributed by atoms with van der Waals surface area (Å²) in [6, 6.07) is 8.89. The minimum absolute atomic E-state index is 0.0267. The van der Waals surface area contributed by atoms with Crippen LogP contribution in [-0.2, 0) is 0 Å². The minimum atomic E-state index is -0.0941. The molecule has 1 fully saturated rings. The Balaban J connectivity index is 1.27. The van der Waals surface area contributed by atoms with E-state index >= 15 is 0 Å². The Morgan fingerprint density at radius 3 is 2.83 bits per heavy atom. The van der Waals surface area contributed by atoms with Crippen molar-refractivity contribution in [3.63, 3.8) is 0 Å². The Morgan fingerprint density at radius 1 is 1.14 bits per heavy atom. The van der Waals surface area contributed by atoms with Crippen LogP contribution in [0.15, 0.2) is 55.2 Å². The van der Waals surface area contributed by atoms with Crippen molar-refractivity contribution in [3.8, 4) is 11.3 Å². The maximum absolute atomic E-state index is 12.9. The molecule has 178 valence electrons. The highest BCUT2D eigenvalue weighted by molar-refractivity contribution is 6.30. The van der Waals surface area contributed by atoms with Gasteiger partial charge in [-0.1, -0.05) is 11.6 Å². The molecule has 9 nitrogen and oxygen atoms in total. The van der Waals surface area contributed by atoms with Crippen LogP contribution in [0, 0.1) is 6.57 Å². The zero-order chi connectivity index (χ0) is 24.2. The molecule has 0 bridgehead atoms. The van der Waals surface area contributed by atoms with Gasteiger partial charge in [0.2, 0.25) is 6.54 Å². The van der Waals surface area contributed by atoms with E-state index < -0.39 is 0 Å². The highest BCUT2D eigenvalue weighted by Crippen LogP contribution is 2.25. The highest BCUT2D eigenvalue weighted by Gasteiger charge is 2.25. The first-order chi connectivity index (χ1) is 17.1. The number of fused-ring (bicyclic) bond motifs is 1. The molecule has 0 saturated carbocycles. The predicted octanol–water partition coefficient (Wildman–Crippen LogP) is 3.78. The number of carbonyl (C=O) groups is 1. The van der Waals surface area contributed by atoms with E-state index in [-0.39, 0.29) is 11.9 Å². The molecule has 0 radical (unpaired) electrons. The van der Waals surface area contributed by atoms with Crippen LogP contribution in [0.25, 0.3) is 27.1 Å². The number of hydrogen-bond acceptors (Lipinski definition) is 5. The van der Waals surface area contributed by atoms with Crippen molar-refractivity contribution in [1.82, 2.24) is 34.5 Å². The second-order valence-corrected chi connectivity index (χ2v) is 9.06. The van der Waals surface area contributed by atoms with E-state index in [1.165, 1.54) is 6.33 Å². The summed E-state index contributed by atoms with van der Waals surface area (Å²) in [5.41, 5.74) is 3.14. The summed E-state index contributed by atoms with van der Waals surface area (Å²) in [5, 5.41) is 6.14. The van der Waals surface area contributed by atoms with E-state index in [0.29, 0.717) is 36.8 Å².